The van der Waals surface area contributed by atoms with Crippen LogP contribution in [0.4, 0.5) is 18.9 Å². The van der Waals surface area contributed by atoms with E-state index in [0.717, 1.165) is 5.56 Å². The number of hydrogen-bond acceptors (Lipinski definition) is 4. The molecular weight excluding hydrogens is 409 g/mol. The molecule has 152 valence electrons. The summed E-state index contributed by atoms with van der Waals surface area (Å²) in [5.41, 5.74) is -3.68. The number of amides is 1. The zero-order valence-corrected chi connectivity index (χ0v) is 15.7. The highest BCUT2D eigenvalue weighted by Crippen LogP contribution is 2.29. The Labute approximate surface area is 165 Å². The molecule has 0 spiro atoms. The minimum absolute atomic E-state index is 0.112. The van der Waals surface area contributed by atoms with Gasteiger partial charge in [-0.25, -0.2) is 0 Å². The van der Waals surface area contributed by atoms with Crippen molar-refractivity contribution in [3.63, 3.8) is 0 Å². The van der Waals surface area contributed by atoms with E-state index in [1.807, 2.05) is 0 Å². The van der Waals surface area contributed by atoms with Crippen LogP contribution >= 0.6 is 0 Å². The van der Waals surface area contributed by atoms with Crippen molar-refractivity contribution < 1.29 is 31.1 Å². The first-order valence-corrected chi connectivity index (χ1v) is 9.75. The van der Waals surface area contributed by atoms with Gasteiger partial charge in [0, 0.05) is 24.3 Å². The summed E-state index contributed by atoms with van der Waals surface area (Å²) in [6.07, 6.45) is 5.15. The van der Waals surface area contributed by atoms with Gasteiger partial charge in [-0.1, -0.05) is 18.1 Å². The molecule has 0 aliphatic carbocycles. The molecule has 1 amide bonds. The van der Waals surface area contributed by atoms with Crippen LogP contribution < -0.4 is 9.46 Å². The summed E-state index contributed by atoms with van der Waals surface area (Å²) in [7, 11) is -5.48. The lowest BCUT2D eigenvalue weighted by molar-refractivity contribution is -0.0429. The average Bonchev–Trinajstić information content (AvgIpc) is 2.95. The topological polar surface area (TPSA) is 75.7 Å². The lowest BCUT2D eigenvalue weighted by atomic mass is 10.1. The van der Waals surface area contributed by atoms with E-state index < -0.39 is 15.5 Å². The molecule has 1 N–H and O–H groups in total. The van der Waals surface area contributed by atoms with Crippen molar-refractivity contribution in [1.82, 2.24) is 4.90 Å². The quantitative estimate of drug-likeness (QED) is 0.723. The monoisotopic (exact) mass is 424 g/mol. The van der Waals surface area contributed by atoms with E-state index in [1.165, 1.54) is 29.0 Å². The van der Waals surface area contributed by atoms with Gasteiger partial charge in [0.15, 0.2) is 0 Å². The number of terminal acetylenes is 1. The summed E-state index contributed by atoms with van der Waals surface area (Å²) in [5.74, 6) is 2.72. The number of benzene rings is 2. The minimum atomic E-state index is -5.48. The number of hydrogen-bond donors (Lipinski definition) is 1. The Morgan fingerprint density at radius 3 is 2.48 bits per heavy atom. The van der Waals surface area contributed by atoms with Gasteiger partial charge < -0.3 is 9.64 Å². The van der Waals surface area contributed by atoms with Gasteiger partial charge in [-0.2, -0.15) is 21.6 Å². The Balaban J connectivity index is 1.68. The van der Waals surface area contributed by atoms with Gasteiger partial charge in [0.1, 0.15) is 12.4 Å². The summed E-state index contributed by atoms with van der Waals surface area (Å²) < 4.78 is 66.4. The van der Waals surface area contributed by atoms with Crippen molar-refractivity contribution in [3.05, 3.63) is 59.2 Å². The molecule has 0 radical (unpaired) electrons. The van der Waals surface area contributed by atoms with Crippen LogP contribution in [0.3, 0.4) is 0 Å². The second-order valence-corrected chi connectivity index (χ2v) is 7.90. The highest BCUT2D eigenvalue weighted by molar-refractivity contribution is 7.93. The maximum atomic E-state index is 12.5. The molecule has 29 heavy (non-hydrogen) atoms. The van der Waals surface area contributed by atoms with E-state index >= 15 is 0 Å². The van der Waals surface area contributed by atoms with Gasteiger partial charge in [0.2, 0.25) is 0 Å². The smallest absolute Gasteiger partial charge is 0.481 e. The number of ether oxygens (including phenoxy) is 1. The lowest BCUT2D eigenvalue weighted by Crippen LogP contribution is -2.29. The molecule has 0 fully saturated rings. The largest absolute Gasteiger partial charge is 0.516 e. The van der Waals surface area contributed by atoms with Crippen molar-refractivity contribution >= 4 is 21.6 Å². The zero-order chi connectivity index (χ0) is 21.2. The number of alkyl halides is 3. The Hall–Kier alpha value is -3.19. The number of halogens is 3. The number of rotatable bonds is 6. The fourth-order valence-corrected chi connectivity index (χ4v) is 3.37. The molecule has 2 aromatic rings. The first-order chi connectivity index (χ1) is 13.6. The zero-order valence-electron chi connectivity index (χ0n) is 14.9. The van der Waals surface area contributed by atoms with Crippen LogP contribution in [-0.2, 0) is 23.1 Å². The molecule has 0 unspecified atom stereocenters. The number of fused-ring (bicyclic) bond motifs is 1. The average molecular weight is 424 g/mol. The molecular formula is C19H15F3N2O4S. The number of sulfonamides is 1. The predicted octanol–water partition coefficient (Wildman–Crippen LogP) is 3.12. The van der Waals surface area contributed by atoms with Gasteiger partial charge in [-0.05, 0) is 41.5 Å². The van der Waals surface area contributed by atoms with E-state index in [0.29, 0.717) is 23.4 Å². The van der Waals surface area contributed by atoms with Crippen LogP contribution in [0.15, 0.2) is 42.5 Å². The highest BCUT2D eigenvalue weighted by Gasteiger charge is 2.46. The number of nitrogens with zero attached hydrogens (tertiary/aromatic N) is 1. The molecule has 0 atom stereocenters. The van der Waals surface area contributed by atoms with Crippen LogP contribution in [-0.4, -0.2) is 31.3 Å². The number of nitrogens with one attached hydrogen (secondary N) is 1. The van der Waals surface area contributed by atoms with Crippen molar-refractivity contribution in [2.75, 3.05) is 11.3 Å². The van der Waals surface area contributed by atoms with Crippen molar-refractivity contribution in [1.29, 1.82) is 0 Å². The molecule has 0 bridgehead atoms. The standard InChI is InChI=1S/C19H15F3N2O4S/c1-2-9-28-16-7-8-17-14(10-16)12-24(18(17)25)11-13-3-5-15(6-4-13)23-29(26,27)19(20,21)22/h1,3-8,10,23H,9,11-12H2. The minimum Gasteiger partial charge on any atom is -0.481 e. The van der Waals surface area contributed by atoms with Crippen LogP contribution in [0, 0.1) is 12.3 Å². The molecule has 3 rings (SSSR count). The predicted molar refractivity (Wildman–Crippen MR) is 99.4 cm³/mol. The fourth-order valence-electron chi connectivity index (χ4n) is 2.81. The SMILES string of the molecule is C#CCOc1ccc2c(c1)CN(Cc1ccc(NS(=O)(=O)C(F)(F)F)cc1)C2=O. The third-order valence-electron chi connectivity index (χ3n) is 4.16. The van der Waals surface area contributed by atoms with Gasteiger partial charge in [0.25, 0.3) is 5.91 Å². The van der Waals surface area contributed by atoms with Gasteiger partial charge in [-0.15, -0.1) is 6.42 Å². The second-order valence-electron chi connectivity index (χ2n) is 6.22. The summed E-state index contributed by atoms with van der Waals surface area (Å²) in [5, 5.41) is 0. The Bertz CT molecular complexity index is 1070. The third kappa shape index (κ3) is 4.46. The molecule has 0 aromatic heterocycles. The van der Waals surface area contributed by atoms with Crippen LogP contribution in [0.1, 0.15) is 21.5 Å². The normalized spacial score (nSPS) is 13.7. The molecule has 1 aliphatic heterocycles. The first-order valence-electron chi connectivity index (χ1n) is 8.27. The number of carbonyl (C=O) groups is 1. The maximum Gasteiger partial charge on any atom is 0.516 e. The Morgan fingerprint density at radius 1 is 1.17 bits per heavy atom. The summed E-state index contributed by atoms with van der Waals surface area (Å²) in [6, 6.07) is 10.4. The van der Waals surface area contributed by atoms with Crippen LogP contribution in [0.2, 0.25) is 0 Å². The van der Waals surface area contributed by atoms with E-state index in [2.05, 4.69) is 5.92 Å². The van der Waals surface area contributed by atoms with Crippen molar-refractivity contribution in [2.24, 2.45) is 0 Å². The van der Waals surface area contributed by atoms with Crippen molar-refractivity contribution in [2.45, 2.75) is 18.6 Å². The number of carbonyl (C=O) groups excluding carboxylic acids is 1. The van der Waals surface area contributed by atoms with Crippen LogP contribution in [0.5, 0.6) is 5.75 Å². The molecule has 1 heterocycles. The third-order valence-corrected chi connectivity index (χ3v) is 5.28. The fraction of sp³-hybridized carbons (Fsp3) is 0.211. The molecule has 10 heteroatoms. The summed E-state index contributed by atoms with van der Waals surface area (Å²) in [4.78, 5) is 14.1. The van der Waals surface area contributed by atoms with E-state index in [4.69, 9.17) is 11.2 Å². The lowest BCUT2D eigenvalue weighted by Gasteiger charge is -2.16. The van der Waals surface area contributed by atoms with Crippen molar-refractivity contribution in [3.8, 4) is 18.1 Å². The Kier molecular flexibility index (Phi) is 5.44. The van der Waals surface area contributed by atoms with Gasteiger partial charge in [0.05, 0.1) is 0 Å². The van der Waals surface area contributed by atoms with E-state index in [9.17, 15) is 26.4 Å². The van der Waals surface area contributed by atoms with E-state index in [1.54, 1.807) is 23.1 Å². The molecule has 2 aromatic carbocycles. The Morgan fingerprint density at radius 2 is 1.86 bits per heavy atom. The summed E-state index contributed by atoms with van der Waals surface area (Å²) >= 11 is 0. The van der Waals surface area contributed by atoms with Gasteiger partial charge >= 0.3 is 15.5 Å². The van der Waals surface area contributed by atoms with E-state index in [-0.39, 0.29) is 24.7 Å². The molecule has 0 saturated carbocycles. The molecule has 1 aliphatic rings. The molecule has 6 nitrogen and oxygen atoms in total. The van der Waals surface area contributed by atoms with Crippen LogP contribution in [0.25, 0.3) is 0 Å². The van der Waals surface area contributed by atoms with Gasteiger partial charge in [-0.3, -0.25) is 9.52 Å². The summed E-state index contributed by atoms with van der Waals surface area (Å²) in [6.45, 7) is 0.658. The molecule has 0 saturated heterocycles. The highest BCUT2D eigenvalue weighted by atomic mass is 32.2. The maximum absolute atomic E-state index is 12.5. The first kappa shape index (κ1) is 20.5. The second kappa shape index (κ2) is 7.67. The number of anilines is 1.